The molecule has 1 aromatic rings. The Morgan fingerprint density at radius 3 is 3.12 bits per heavy atom. The number of hydrogen-bond acceptors (Lipinski definition) is 3. The molecule has 2 heterocycles. The largest absolute Gasteiger partial charge is 0.353 e. The fourth-order valence-electron chi connectivity index (χ4n) is 2.03. The Hall–Kier alpha value is -0.390. The summed E-state index contributed by atoms with van der Waals surface area (Å²) in [5.74, 6) is 0.171. The van der Waals surface area contributed by atoms with Crippen molar-refractivity contribution in [3.05, 3.63) is 20.8 Å². The molecule has 1 unspecified atom stereocenters. The topological polar surface area (TPSA) is 32.3 Å². The Kier molecular flexibility index (Phi) is 4.00. The van der Waals surface area contributed by atoms with Gasteiger partial charge in [0.2, 0.25) is 5.91 Å². The van der Waals surface area contributed by atoms with Crippen LogP contribution in [0.3, 0.4) is 0 Å². The van der Waals surface area contributed by atoms with Gasteiger partial charge in [0.25, 0.3) is 0 Å². The first-order valence-electron chi connectivity index (χ1n) is 5.45. The number of halogens is 1. The number of carbonyl (C=O) groups excluding carboxylic acids is 1. The molecule has 1 atom stereocenters. The Bertz CT molecular complexity index is 380. The highest BCUT2D eigenvalue weighted by molar-refractivity contribution is 9.10. The van der Waals surface area contributed by atoms with Gasteiger partial charge in [-0.15, -0.1) is 11.3 Å². The monoisotopic (exact) mass is 302 g/mol. The van der Waals surface area contributed by atoms with Crippen molar-refractivity contribution in [1.29, 1.82) is 0 Å². The van der Waals surface area contributed by atoms with E-state index in [4.69, 9.17) is 0 Å². The zero-order valence-corrected chi connectivity index (χ0v) is 11.6. The van der Waals surface area contributed by atoms with E-state index in [1.54, 1.807) is 11.3 Å². The zero-order chi connectivity index (χ0) is 11.5. The predicted octanol–water partition coefficient (Wildman–Crippen LogP) is 2.22. The van der Waals surface area contributed by atoms with Crippen LogP contribution in [0.25, 0.3) is 0 Å². The van der Waals surface area contributed by atoms with Crippen LogP contribution in [0.4, 0.5) is 0 Å². The molecule has 0 saturated carbocycles. The standard InChI is InChI=1S/C11H15BrN2OS/c1-2-10-11(15)13-3-4-14(10)6-9-5-8(12)7-16-9/h5,7,10H,2-4,6H2,1H3,(H,13,15). The fraction of sp³-hybridized carbons (Fsp3) is 0.545. The van der Waals surface area contributed by atoms with E-state index >= 15 is 0 Å². The van der Waals surface area contributed by atoms with Gasteiger partial charge in [0, 0.05) is 34.4 Å². The number of nitrogens with zero attached hydrogens (tertiary/aromatic N) is 1. The Morgan fingerprint density at radius 1 is 1.69 bits per heavy atom. The third-order valence-electron chi connectivity index (χ3n) is 2.81. The van der Waals surface area contributed by atoms with Crippen molar-refractivity contribution >= 4 is 33.2 Å². The van der Waals surface area contributed by atoms with Gasteiger partial charge in [0.1, 0.15) is 0 Å². The molecule has 2 rings (SSSR count). The van der Waals surface area contributed by atoms with Crippen LogP contribution in [-0.4, -0.2) is 29.9 Å². The zero-order valence-electron chi connectivity index (χ0n) is 9.20. The summed E-state index contributed by atoms with van der Waals surface area (Å²) in [4.78, 5) is 15.2. The molecule has 1 saturated heterocycles. The average molecular weight is 303 g/mol. The summed E-state index contributed by atoms with van der Waals surface area (Å²) in [6.07, 6.45) is 0.873. The van der Waals surface area contributed by atoms with Crippen molar-refractivity contribution in [2.75, 3.05) is 13.1 Å². The van der Waals surface area contributed by atoms with Crippen LogP contribution in [0.2, 0.25) is 0 Å². The van der Waals surface area contributed by atoms with Crippen molar-refractivity contribution in [1.82, 2.24) is 10.2 Å². The van der Waals surface area contributed by atoms with E-state index in [1.807, 2.05) is 0 Å². The van der Waals surface area contributed by atoms with Crippen LogP contribution < -0.4 is 5.32 Å². The van der Waals surface area contributed by atoms with Gasteiger partial charge in [0.15, 0.2) is 0 Å². The summed E-state index contributed by atoms with van der Waals surface area (Å²) < 4.78 is 1.13. The molecule has 16 heavy (non-hydrogen) atoms. The smallest absolute Gasteiger partial charge is 0.237 e. The van der Waals surface area contributed by atoms with Crippen LogP contribution in [0, 0.1) is 0 Å². The molecule has 1 amide bonds. The molecule has 0 aromatic carbocycles. The summed E-state index contributed by atoms with van der Waals surface area (Å²) in [5, 5.41) is 5.00. The van der Waals surface area contributed by atoms with Crippen LogP contribution in [0.5, 0.6) is 0 Å². The number of hydrogen-bond donors (Lipinski definition) is 1. The minimum atomic E-state index is 0.0367. The summed E-state index contributed by atoms with van der Waals surface area (Å²) >= 11 is 5.19. The van der Waals surface area contributed by atoms with Gasteiger partial charge in [-0.05, 0) is 28.4 Å². The van der Waals surface area contributed by atoms with Crippen LogP contribution in [-0.2, 0) is 11.3 Å². The van der Waals surface area contributed by atoms with Crippen molar-refractivity contribution in [2.24, 2.45) is 0 Å². The highest BCUT2D eigenvalue weighted by Gasteiger charge is 2.27. The van der Waals surface area contributed by atoms with Gasteiger partial charge >= 0.3 is 0 Å². The van der Waals surface area contributed by atoms with Crippen molar-refractivity contribution in [3.8, 4) is 0 Å². The number of rotatable bonds is 3. The number of amides is 1. The van der Waals surface area contributed by atoms with Crippen LogP contribution in [0.1, 0.15) is 18.2 Å². The number of nitrogens with one attached hydrogen (secondary N) is 1. The molecule has 0 aliphatic carbocycles. The molecular weight excluding hydrogens is 288 g/mol. The highest BCUT2D eigenvalue weighted by atomic mass is 79.9. The van der Waals surface area contributed by atoms with Gasteiger partial charge in [-0.2, -0.15) is 0 Å². The van der Waals surface area contributed by atoms with E-state index < -0.39 is 0 Å². The molecule has 1 aliphatic heterocycles. The normalized spacial score (nSPS) is 22.1. The second kappa shape index (κ2) is 5.29. The maximum atomic E-state index is 11.7. The number of piperazine rings is 1. The lowest BCUT2D eigenvalue weighted by molar-refractivity contribution is -0.129. The fourth-order valence-corrected chi connectivity index (χ4v) is 3.51. The van der Waals surface area contributed by atoms with E-state index in [-0.39, 0.29) is 11.9 Å². The van der Waals surface area contributed by atoms with E-state index in [9.17, 15) is 4.79 Å². The Morgan fingerprint density at radius 2 is 2.50 bits per heavy atom. The molecular formula is C11H15BrN2OS. The summed E-state index contributed by atoms with van der Waals surface area (Å²) in [7, 11) is 0. The molecule has 88 valence electrons. The average Bonchev–Trinajstić information content (AvgIpc) is 2.64. The van der Waals surface area contributed by atoms with E-state index in [0.29, 0.717) is 0 Å². The molecule has 5 heteroatoms. The molecule has 0 spiro atoms. The SMILES string of the molecule is CCC1C(=O)NCCN1Cc1cc(Br)cs1. The van der Waals surface area contributed by atoms with Gasteiger partial charge in [-0.25, -0.2) is 0 Å². The lowest BCUT2D eigenvalue weighted by atomic mass is 10.1. The maximum absolute atomic E-state index is 11.7. The van der Waals surface area contributed by atoms with Crippen molar-refractivity contribution in [2.45, 2.75) is 25.9 Å². The molecule has 0 radical (unpaired) electrons. The Balaban J connectivity index is 2.04. The Labute approximate surface area is 108 Å². The van der Waals surface area contributed by atoms with E-state index in [2.05, 4.69) is 44.5 Å². The van der Waals surface area contributed by atoms with Crippen molar-refractivity contribution in [3.63, 3.8) is 0 Å². The minimum absolute atomic E-state index is 0.0367. The first-order valence-corrected chi connectivity index (χ1v) is 7.12. The first kappa shape index (κ1) is 12.1. The predicted molar refractivity (Wildman–Crippen MR) is 69.5 cm³/mol. The number of thiophene rings is 1. The van der Waals surface area contributed by atoms with Crippen LogP contribution in [0.15, 0.2) is 15.9 Å². The molecule has 1 aromatic heterocycles. The third kappa shape index (κ3) is 2.64. The summed E-state index contributed by atoms with van der Waals surface area (Å²) in [6.45, 7) is 4.65. The van der Waals surface area contributed by atoms with E-state index in [0.717, 1.165) is 30.5 Å². The third-order valence-corrected chi connectivity index (χ3v) is 4.49. The quantitative estimate of drug-likeness (QED) is 0.928. The van der Waals surface area contributed by atoms with Crippen molar-refractivity contribution < 1.29 is 4.79 Å². The molecule has 3 nitrogen and oxygen atoms in total. The molecule has 1 N–H and O–H groups in total. The molecule has 1 fully saturated rings. The van der Waals surface area contributed by atoms with E-state index in [1.165, 1.54) is 4.88 Å². The van der Waals surface area contributed by atoms with Gasteiger partial charge in [-0.3, -0.25) is 9.69 Å². The molecule has 1 aliphatic rings. The first-order chi connectivity index (χ1) is 7.70. The maximum Gasteiger partial charge on any atom is 0.237 e. The summed E-state index contributed by atoms with van der Waals surface area (Å²) in [6, 6.07) is 2.17. The van der Waals surface area contributed by atoms with Gasteiger partial charge in [0.05, 0.1) is 6.04 Å². The summed E-state index contributed by atoms with van der Waals surface area (Å²) in [5.41, 5.74) is 0. The minimum Gasteiger partial charge on any atom is -0.353 e. The highest BCUT2D eigenvalue weighted by Crippen LogP contribution is 2.22. The second-order valence-electron chi connectivity index (χ2n) is 3.92. The van der Waals surface area contributed by atoms with Gasteiger partial charge < -0.3 is 5.32 Å². The second-order valence-corrected chi connectivity index (χ2v) is 5.83. The van der Waals surface area contributed by atoms with Gasteiger partial charge in [-0.1, -0.05) is 6.92 Å². The number of carbonyl (C=O) groups is 1. The lowest BCUT2D eigenvalue weighted by Crippen LogP contribution is -2.54. The van der Waals surface area contributed by atoms with Crippen LogP contribution >= 0.6 is 27.3 Å². The lowest BCUT2D eigenvalue weighted by Gasteiger charge is -2.34. The molecule has 0 bridgehead atoms.